The molecule has 2 fully saturated rings. The molecule has 3 aliphatic carbocycles. The zero-order valence-electron chi connectivity index (χ0n) is 12.5. The van der Waals surface area contributed by atoms with Gasteiger partial charge in [0.1, 0.15) is 5.78 Å². The molecule has 0 bridgehead atoms. The highest BCUT2D eigenvalue weighted by Crippen LogP contribution is 2.55. The molecule has 106 valence electrons. The van der Waals surface area contributed by atoms with E-state index in [0.29, 0.717) is 17.1 Å². The second-order valence-corrected chi connectivity index (χ2v) is 7.59. The molecule has 0 aromatic rings. The Bertz CT molecular complexity index is 383. The molecule has 0 radical (unpaired) electrons. The van der Waals surface area contributed by atoms with Crippen LogP contribution in [0, 0.1) is 29.1 Å². The number of rotatable bonds is 3. The second kappa shape index (κ2) is 5.07. The van der Waals surface area contributed by atoms with Crippen LogP contribution >= 0.6 is 0 Å². The fourth-order valence-electron chi connectivity index (χ4n) is 5.12. The lowest BCUT2D eigenvalue weighted by atomic mass is 9.64. The number of fused-ring (bicyclic) bond motifs is 1. The van der Waals surface area contributed by atoms with Gasteiger partial charge in [-0.15, -0.1) is 0 Å². The Morgan fingerprint density at radius 1 is 1.26 bits per heavy atom. The van der Waals surface area contributed by atoms with E-state index in [9.17, 15) is 4.79 Å². The van der Waals surface area contributed by atoms with Gasteiger partial charge in [-0.2, -0.15) is 0 Å². The first-order chi connectivity index (χ1) is 9.09. The number of Topliss-reactive ketones (excluding diaryl/α,β-unsaturated/α-hetero) is 1. The molecule has 2 saturated carbocycles. The third-order valence-corrected chi connectivity index (χ3v) is 6.33. The van der Waals surface area contributed by atoms with Gasteiger partial charge in [0.05, 0.1) is 0 Å². The monoisotopic (exact) mass is 260 g/mol. The van der Waals surface area contributed by atoms with Crippen LogP contribution < -0.4 is 0 Å². The topological polar surface area (TPSA) is 17.1 Å². The number of allylic oxidation sites excluding steroid dienone is 2. The highest BCUT2D eigenvalue weighted by atomic mass is 16.1. The molecule has 0 heterocycles. The van der Waals surface area contributed by atoms with E-state index in [4.69, 9.17) is 0 Å². The fraction of sp³-hybridized carbons (Fsp3) is 0.833. The molecule has 0 aromatic heterocycles. The molecule has 0 saturated heterocycles. The molecule has 0 N–H and O–H groups in total. The smallest absolute Gasteiger partial charge is 0.136 e. The quantitative estimate of drug-likeness (QED) is 0.668. The average molecular weight is 260 g/mol. The third-order valence-electron chi connectivity index (χ3n) is 6.33. The van der Waals surface area contributed by atoms with Crippen molar-refractivity contribution in [3.63, 3.8) is 0 Å². The summed E-state index contributed by atoms with van der Waals surface area (Å²) in [4.78, 5) is 12.1. The van der Waals surface area contributed by atoms with Crippen LogP contribution in [-0.4, -0.2) is 5.78 Å². The van der Waals surface area contributed by atoms with Crippen molar-refractivity contribution in [1.29, 1.82) is 0 Å². The maximum Gasteiger partial charge on any atom is 0.136 e. The van der Waals surface area contributed by atoms with Gasteiger partial charge in [-0.3, -0.25) is 4.79 Å². The van der Waals surface area contributed by atoms with Gasteiger partial charge >= 0.3 is 0 Å². The number of carbonyl (C=O) groups excluding carboxylic acids is 1. The van der Waals surface area contributed by atoms with Gasteiger partial charge in [-0.1, -0.05) is 26.0 Å². The molecule has 5 unspecified atom stereocenters. The van der Waals surface area contributed by atoms with Crippen molar-refractivity contribution in [3.05, 3.63) is 12.2 Å². The molecule has 3 rings (SSSR count). The van der Waals surface area contributed by atoms with Gasteiger partial charge in [0.15, 0.2) is 0 Å². The molecule has 19 heavy (non-hydrogen) atoms. The molecule has 0 spiro atoms. The molecular weight excluding hydrogens is 232 g/mol. The van der Waals surface area contributed by atoms with Crippen molar-refractivity contribution < 1.29 is 4.79 Å². The summed E-state index contributed by atoms with van der Waals surface area (Å²) < 4.78 is 0. The Morgan fingerprint density at radius 3 is 2.84 bits per heavy atom. The van der Waals surface area contributed by atoms with Crippen molar-refractivity contribution in [2.24, 2.45) is 29.1 Å². The third kappa shape index (κ3) is 2.41. The lowest BCUT2D eigenvalue weighted by Crippen LogP contribution is -2.37. The van der Waals surface area contributed by atoms with Crippen LogP contribution in [0.3, 0.4) is 0 Å². The molecule has 0 amide bonds. The minimum absolute atomic E-state index is 0.350. The zero-order valence-corrected chi connectivity index (χ0v) is 12.5. The van der Waals surface area contributed by atoms with Gasteiger partial charge in [0.2, 0.25) is 0 Å². The van der Waals surface area contributed by atoms with E-state index in [1.165, 1.54) is 38.5 Å². The first-order valence-electron chi connectivity index (χ1n) is 8.30. The van der Waals surface area contributed by atoms with Crippen molar-refractivity contribution in [1.82, 2.24) is 0 Å². The Kier molecular flexibility index (Phi) is 3.57. The first-order valence-corrected chi connectivity index (χ1v) is 8.30. The van der Waals surface area contributed by atoms with E-state index < -0.39 is 0 Å². The minimum Gasteiger partial charge on any atom is -0.299 e. The molecule has 5 atom stereocenters. The predicted molar refractivity (Wildman–Crippen MR) is 78.8 cm³/mol. The molecular formula is C18H28O. The van der Waals surface area contributed by atoms with Crippen LogP contribution in [0.1, 0.15) is 65.2 Å². The normalized spacial score (nSPS) is 45.7. The van der Waals surface area contributed by atoms with Crippen molar-refractivity contribution in [3.8, 4) is 0 Å². The maximum atomic E-state index is 12.1. The van der Waals surface area contributed by atoms with Gasteiger partial charge in [-0.25, -0.2) is 0 Å². The maximum absolute atomic E-state index is 12.1. The SMILES string of the molecule is CC1C=CC(CCC2CCC3C(=O)CCCC23C)C1. The van der Waals surface area contributed by atoms with E-state index in [-0.39, 0.29) is 0 Å². The fourth-order valence-corrected chi connectivity index (χ4v) is 5.12. The minimum atomic E-state index is 0.350. The van der Waals surface area contributed by atoms with Crippen LogP contribution in [0.15, 0.2) is 12.2 Å². The highest BCUT2D eigenvalue weighted by molar-refractivity contribution is 5.83. The van der Waals surface area contributed by atoms with E-state index in [1.807, 2.05) is 0 Å². The van der Waals surface area contributed by atoms with E-state index >= 15 is 0 Å². The Hall–Kier alpha value is -0.590. The lowest BCUT2D eigenvalue weighted by Gasteiger charge is -2.40. The highest BCUT2D eigenvalue weighted by Gasteiger charge is 2.50. The number of hydrogen-bond acceptors (Lipinski definition) is 1. The standard InChI is InChI=1S/C18H28O/c1-13-5-6-14(12-13)7-8-15-9-10-16-17(19)4-3-11-18(15,16)2/h5-6,13-16H,3-4,7-12H2,1-2H3. The summed E-state index contributed by atoms with van der Waals surface area (Å²) in [6.07, 6.45) is 14.6. The summed E-state index contributed by atoms with van der Waals surface area (Å²) >= 11 is 0. The number of ketones is 1. The molecule has 3 aliphatic rings. The summed E-state index contributed by atoms with van der Waals surface area (Å²) in [7, 11) is 0. The summed E-state index contributed by atoms with van der Waals surface area (Å²) in [5.74, 6) is 3.39. The average Bonchev–Trinajstić information content (AvgIpc) is 2.91. The number of hydrogen-bond donors (Lipinski definition) is 0. The van der Waals surface area contributed by atoms with Crippen LogP contribution in [0.25, 0.3) is 0 Å². The number of carbonyl (C=O) groups is 1. The van der Waals surface area contributed by atoms with Crippen LogP contribution in [0.2, 0.25) is 0 Å². The molecule has 0 aliphatic heterocycles. The van der Waals surface area contributed by atoms with Crippen molar-refractivity contribution >= 4 is 5.78 Å². The lowest BCUT2D eigenvalue weighted by molar-refractivity contribution is -0.129. The van der Waals surface area contributed by atoms with Crippen LogP contribution in [-0.2, 0) is 4.79 Å². The van der Waals surface area contributed by atoms with Crippen LogP contribution in [0.5, 0.6) is 0 Å². The zero-order chi connectivity index (χ0) is 13.5. The molecule has 1 heteroatoms. The first kappa shape index (κ1) is 13.4. The Balaban J connectivity index is 1.59. The van der Waals surface area contributed by atoms with Gasteiger partial charge in [0.25, 0.3) is 0 Å². The van der Waals surface area contributed by atoms with E-state index in [1.54, 1.807) is 0 Å². The van der Waals surface area contributed by atoms with Gasteiger partial charge in [0, 0.05) is 12.3 Å². The Morgan fingerprint density at radius 2 is 2.11 bits per heavy atom. The summed E-state index contributed by atoms with van der Waals surface area (Å²) in [6, 6.07) is 0. The Labute approximate surface area is 117 Å². The second-order valence-electron chi connectivity index (χ2n) is 7.59. The van der Waals surface area contributed by atoms with Gasteiger partial charge in [-0.05, 0) is 68.1 Å². The van der Waals surface area contributed by atoms with E-state index in [2.05, 4.69) is 26.0 Å². The predicted octanol–water partition coefficient (Wildman–Crippen LogP) is 4.76. The van der Waals surface area contributed by atoms with Crippen LogP contribution in [0.4, 0.5) is 0 Å². The van der Waals surface area contributed by atoms with E-state index in [0.717, 1.165) is 30.6 Å². The molecule has 1 nitrogen and oxygen atoms in total. The van der Waals surface area contributed by atoms with Gasteiger partial charge < -0.3 is 0 Å². The molecule has 0 aromatic carbocycles. The van der Waals surface area contributed by atoms with Crippen molar-refractivity contribution in [2.45, 2.75) is 65.2 Å². The van der Waals surface area contributed by atoms with Crippen molar-refractivity contribution in [2.75, 3.05) is 0 Å². The summed E-state index contributed by atoms with van der Waals surface area (Å²) in [5, 5.41) is 0. The summed E-state index contributed by atoms with van der Waals surface area (Å²) in [5.41, 5.74) is 0.350. The largest absolute Gasteiger partial charge is 0.299 e. The summed E-state index contributed by atoms with van der Waals surface area (Å²) in [6.45, 7) is 4.74.